The fourth-order valence-electron chi connectivity index (χ4n) is 3.24. The number of hydrogen-bond donors (Lipinski definition) is 3. The van der Waals surface area contributed by atoms with E-state index < -0.39 is 23.5 Å². The van der Waals surface area contributed by atoms with Crippen molar-refractivity contribution in [3.8, 4) is 5.75 Å². The minimum atomic E-state index is -1.08. The number of amides is 4. The Morgan fingerprint density at radius 1 is 1.11 bits per heavy atom. The summed E-state index contributed by atoms with van der Waals surface area (Å²) in [5, 5.41) is 7.80. The molecule has 0 unspecified atom stereocenters. The van der Waals surface area contributed by atoms with Crippen LogP contribution in [0.15, 0.2) is 54.6 Å². The molecule has 0 aliphatic carbocycles. The van der Waals surface area contributed by atoms with E-state index in [9.17, 15) is 14.4 Å². The fourth-order valence-corrected chi connectivity index (χ4v) is 3.24. The molecule has 1 aliphatic rings. The monoisotopic (exact) mass is 381 g/mol. The van der Waals surface area contributed by atoms with Crippen molar-refractivity contribution in [2.75, 3.05) is 7.11 Å². The van der Waals surface area contributed by atoms with E-state index in [0.717, 1.165) is 11.1 Å². The SMILES string of the molecule is COc1ccccc1[C@@H](NC(=O)CC[C@]1(C)NC(=O)NC1=O)c1ccccc1. The summed E-state index contributed by atoms with van der Waals surface area (Å²) >= 11 is 0. The first kappa shape index (κ1) is 19.4. The van der Waals surface area contributed by atoms with Crippen LogP contribution >= 0.6 is 0 Å². The first-order chi connectivity index (χ1) is 13.4. The molecule has 2 atom stereocenters. The number of ether oxygens (including phenoxy) is 1. The van der Waals surface area contributed by atoms with Gasteiger partial charge in [-0.3, -0.25) is 14.9 Å². The van der Waals surface area contributed by atoms with E-state index in [4.69, 9.17) is 4.74 Å². The zero-order valence-electron chi connectivity index (χ0n) is 15.8. The highest BCUT2D eigenvalue weighted by molar-refractivity contribution is 6.06. The molecule has 146 valence electrons. The highest BCUT2D eigenvalue weighted by Gasteiger charge is 2.41. The molecule has 1 aliphatic heterocycles. The summed E-state index contributed by atoms with van der Waals surface area (Å²) in [5.74, 6) is 0.0237. The molecule has 0 saturated carbocycles. The van der Waals surface area contributed by atoms with Crippen LogP contribution in [-0.2, 0) is 9.59 Å². The average Bonchev–Trinajstić information content (AvgIpc) is 2.97. The quantitative estimate of drug-likeness (QED) is 0.641. The topological polar surface area (TPSA) is 96.5 Å². The molecule has 3 N–H and O–H groups in total. The molecule has 3 rings (SSSR count). The van der Waals surface area contributed by atoms with E-state index >= 15 is 0 Å². The van der Waals surface area contributed by atoms with Crippen LogP contribution in [0.5, 0.6) is 5.75 Å². The second-order valence-corrected chi connectivity index (χ2v) is 6.89. The molecule has 7 heteroatoms. The molecular weight excluding hydrogens is 358 g/mol. The van der Waals surface area contributed by atoms with Crippen LogP contribution in [0.3, 0.4) is 0 Å². The Morgan fingerprint density at radius 3 is 2.43 bits per heavy atom. The maximum Gasteiger partial charge on any atom is 0.322 e. The van der Waals surface area contributed by atoms with Gasteiger partial charge in [0, 0.05) is 12.0 Å². The maximum absolute atomic E-state index is 12.7. The second kappa shape index (κ2) is 8.12. The van der Waals surface area contributed by atoms with Crippen molar-refractivity contribution in [3.63, 3.8) is 0 Å². The minimum Gasteiger partial charge on any atom is -0.496 e. The van der Waals surface area contributed by atoms with Crippen molar-refractivity contribution in [1.29, 1.82) is 0 Å². The Labute approximate surface area is 163 Å². The lowest BCUT2D eigenvalue weighted by molar-refractivity contribution is -0.125. The fraction of sp³-hybridized carbons (Fsp3) is 0.286. The Bertz CT molecular complexity index is 884. The summed E-state index contributed by atoms with van der Waals surface area (Å²) in [6.45, 7) is 1.61. The van der Waals surface area contributed by atoms with Gasteiger partial charge in [-0.25, -0.2) is 4.79 Å². The van der Waals surface area contributed by atoms with Crippen LogP contribution in [0, 0.1) is 0 Å². The van der Waals surface area contributed by atoms with Crippen LogP contribution in [0.2, 0.25) is 0 Å². The molecule has 0 spiro atoms. The molecule has 7 nitrogen and oxygen atoms in total. The van der Waals surface area contributed by atoms with Crippen LogP contribution in [0.25, 0.3) is 0 Å². The van der Waals surface area contributed by atoms with E-state index in [2.05, 4.69) is 16.0 Å². The van der Waals surface area contributed by atoms with E-state index in [1.165, 1.54) is 0 Å². The first-order valence-corrected chi connectivity index (χ1v) is 9.04. The molecule has 1 fully saturated rings. The summed E-state index contributed by atoms with van der Waals surface area (Å²) in [6, 6.07) is 16.2. The summed E-state index contributed by atoms with van der Waals surface area (Å²) in [4.78, 5) is 36.0. The summed E-state index contributed by atoms with van der Waals surface area (Å²) < 4.78 is 5.46. The molecule has 28 heavy (non-hydrogen) atoms. The van der Waals surface area contributed by atoms with Gasteiger partial charge < -0.3 is 15.4 Å². The van der Waals surface area contributed by atoms with Gasteiger partial charge in [-0.15, -0.1) is 0 Å². The van der Waals surface area contributed by atoms with Gasteiger partial charge in [0.25, 0.3) is 5.91 Å². The predicted molar refractivity (Wildman–Crippen MR) is 104 cm³/mol. The van der Waals surface area contributed by atoms with Gasteiger partial charge in [-0.1, -0.05) is 48.5 Å². The zero-order valence-corrected chi connectivity index (χ0v) is 15.8. The lowest BCUT2D eigenvalue weighted by Crippen LogP contribution is -2.44. The Kier molecular flexibility index (Phi) is 5.63. The molecule has 1 saturated heterocycles. The van der Waals surface area contributed by atoms with Crippen molar-refractivity contribution in [2.45, 2.75) is 31.3 Å². The number of carbonyl (C=O) groups excluding carboxylic acids is 3. The van der Waals surface area contributed by atoms with Gasteiger partial charge in [0.15, 0.2) is 0 Å². The van der Waals surface area contributed by atoms with Crippen molar-refractivity contribution in [3.05, 3.63) is 65.7 Å². The Hall–Kier alpha value is -3.35. The van der Waals surface area contributed by atoms with Crippen LogP contribution in [-0.4, -0.2) is 30.5 Å². The lowest BCUT2D eigenvalue weighted by Gasteiger charge is -2.24. The standard InChI is InChI=1S/C21H23N3O4/c1-21(19(26)23-20(27)24-21)13-12-17(25)22-18(14-8-4-3-5-9-14)15-10-6-7-11-16(15)28-2/h3-11,18H,12-13H2,1-2H3,(H,22,25)(H2,23,24,26,27)/t18-,21-/m0/s1. The number of carbonyl (C=O) groups is 3. The van der Waals surface area contributed by atoms with Crippen molar-refractivity contribution < 1.29 is 19.1 Å². The average molecular weight is 381 g/mol. The number of nitrogens with one attached hydrogen (secondary N) is 3. The second-order valence-electron chi connectivity index (χ2n) is 6.89. The van der Waals surface area contributed by atoms with Gasteiger partial charge >= 0.3 is 6.03 Å². The van der Waals surface area contributed by atoms with Gasteiger partial charge in [-0.2, -0.15) is 0 Å². The number of para-hydroxylation sites is 1. The molecule has 0 aromatic heterocycles. The first-order valence-electron chi connectivity index (χ1n) is 9.04. The Morgan fingerprint density at radius 2 is 1.79 bits per heavy atom. The third-order valence-corrected chi connectivity index (χ3v) is 4.86. The number of methoxy groups -OCH3 is 1. The molecule has 0 radical (unpaired) electrons. The van der Waals surface area contributed by atoms with Gasteiger partial charge in [0.1, 0.15) is 11.3 Å². The number of rotatable bonds is 7. The molecular formula is C21H23N3O4. The van der Waals surface area contributed by atoms with Crippen LogP contribution < -0.4 is 20.7 Å². The van der Waals surface area contributed by atoms with Crippen molar-refractivity contribution >= 4 is 17.8 Å². The number of benzene rings is 2. The van der Waals surface area contributed by atoms with Gasteiger partial charge in [0.05, 0.1) is 13.2 Å². The number of imide groups is 1. The van der Waals surface area contributed by atoms with E-state index in [1.807, 2.05) is 54.6 Å². The van der Waals surface area contributed by atoms with Gasteiger partial charge in [-0.05, 0) is 25.0 Å². The summed E-state index contributed by atoms with van der Waals surface area (Å²) in [7, 11) is 1.59. The largest absolute Gasteiger partial charge is 0.496 e. The van der Waals surface area contributed by atoms with Crippen LogP contribution in [0.1, 0.15) is 36.9 Å². The molecule has 2 aromatic rings. The maximum atomic E-state index is 12.7. The van der Waals surface area contributed by atoms with Crippen molar-refractivity contribution in [2.24, 2.45) is 0 Å². The molecule has 4 amide bonds. The number of hydrogen-bond acceptors (Lipinski definition) is 4. The highest BCUT2D eigenvalue weighted by atomic mass is 16.5. The van der Waals surface area contributed by atoms with Crippen molar-refractivity contribution in [1.82, 2.24) is 16.0 Å². The molecule has 1 heterocycles. The molecule has 0 bridgehead atoms. The minimum absolute atomic E-state index is 0.0860. The third-order valence-electron chi connectivity index (χ3n) is 4.86. The third kappa shape index (κ3) is 4.14. The Balaban J connectivity index is 1.77. The predicted octanol–water partition coefficient (Wildman–Crippen LogP) is 2.28. The normalized spacial score (nSPS) is 19.5. The van der Waals surface area contributed by atoms with Crippen LogP contribution in [0.4, 0.5) is 4.79 Å². The van der Waals surface area contributed by atoms with Gasteiger partial charge in [0.2, 0.25) is 5.91 Å². The zero-order chi connectivity index (χ0) is 20.1. The summed E-state index contributed by atoms with van der Waals surface area (Å²) in [5.41, 5.74) is 0.669. The van der Waals surface area contributed by atoms with E-state index in [0.29, 0.717) is 5.75 Å². The van der Waals surface area contributed by atoms with E-state index in [1.54, 1.807) is 14.0 Å². The smallest absolute Gasteiger partial charge is 0.322 e. The number of urea groups is 1. The summed E-state index contributed by atoms with van der Waals surface area (Å²) in [6.07, 6.45) is 0.284. The lowest BCUT2D eigenvalue weighted by atomic mass is 9.94. The molecule has 2 aromatic carbocycles. The van der Waals surface area contributed by atoms with E-state index in [-0.39, 0.29) is 18.7 Å². The highest BCUT2D eigenvalue weighted by Crippen LogP contribution is 2.30.